The topological polar surface area (TPSA) is 59.8 Å². The molecule has 4 rings (SSSR count). The lowest BCUT2D eigenvalue weighted by Crippen LogP contribution is -2.24. The number of halogens is 2. The fourth-order valence-electron chi connectivity index (χ4n) is 3.12. The lowest BCUT2D eigenvalue weighted by atomic mass is 10.1. The first-order valence-corrected chi connectivity index (χ1v) is 11.3. The van der Waals surface area contributed by atoms with Gasteiger partial charge in [0.25, 0.3) is 0 Å². The molecular weight excluding hydrogens is 447 g/mol. The van der Waals surface area contributed by atoms with Crippen molar-refractivity contribution in [3.05, 3.63) is 107 Å². The summed E-state index contributed by atoms with van der Waals surface area (Å²) in [6.45, 7) is 0.336. The fourth-order valence-corrected chi connectivity index (χ4v) is 4.05. The third-order valence-corrected chi connectivity index (χ3v) is 5.91. The first-order valence-electron chi connectivity index (χ1n) is 9.96. The molecule has 1 heterocycles. The molecule has 0 saturated carbocycles. The van der Waals surface area contributed by atoms with Crippen molar-refractivity contribution in [2.24, 2.45) is 0 Å². The van der Waals surface area contributed by atoms with Crippen LogP contribution in [0.25, 0.3) is 5.69 Å². The summed E-state index contributed by atoms with van der Waals surface area (Å²) >= 11 is 7.37. The molecule has 162 valence electrons. The van der Waals surface area contributed by atoms with Gasteiger partial charge in [0.1, 0.15) is 11.6 Å². The predicted molar refractivity (Wildman–Crippen MR) is 125 cm³/mol. The maximum atomic E-state index is 13.0. The van der Waals surface area contributed by atoms with Crippen molar-refractivity contribution >= 4 is 29.3 Å². The van der Waals surface area contributed by atoms with Crippen molar-refractivity contribution in [3.63, 3.8) is 0 Å². The van der Waals surface area contributed by atoms with Crippen LogP contribution in [-0.2, 0) is 17.8 Å². The Labute approximate surface area is 194 Å². The Balaban J connectivity index is 1.48. The summed E-state index contributed by atoms with van der Waals surface area (Å²) in [5, 5.41) is 12.8. The summed E-state index contributed by atoms with van der Waals surface area (Å²) < 4.78 is 15.0. The second-order valence-electron chi connectivity index (χ2n) is 7.06. The second kappa shape index (κ2) is 10.4. The molecule has 0 aliphatic heterocycles. The number of hydrogen-bond donors (Lipinski definition) is 1. The number of rotatable bonds is 8. The van der Waals surface area contributed by atoms with Gasteiger partial charge in [0.15, 0.2) is 5.16 Å². The van der Waals surface area contributed by atoms with Gasteiger partial charge in [-0.25, -0.2) is 4.39 Å². The highest BCUT2D eigenvalue weighted by Crippen LogP contribution is 2.24. The standard InChI is InChI=1S/C24H20ClFN4OS/c25-19-8-12-21(13-9-19)30-22(14-17-4-2-1-3-5-17)28-29-24(30)32-16-23(31)27-15-18-6-10-20(26)11-7-18/h1-13H,14-16H2,(H,27,31). The number of hydrogen-bond acceptors (Lipinski definition) is 4. The van der Waals surface area contributed by atoms with E-state index in [4.69, 9.17) is 11.6 Å². The van der Waals surface area contributed by atoms with Gasteiger partial charge >= 0.3 is 0 Å². The van der Waals surface area contributed by atoms with Gasteiger partial charge < -0.3 is 5.32 Å². The summed E-state index contributed by atoms with van der Waals surface area (Å²) in [5.74, 6) is 0.504. The molecule has 0 aliphatic carbocycles. The monoisotopic (exact) mass is 466 g/mol. The number of thioether (sulfide) groups is 1. The number of benzene rings is 3. The normalized spacial score (nSPS) is 10.8. The van der Waals surface area contributed by atoms with Crippen molar-refractivity contribution in [2.75, 3.05) is 5.75 Å². The van der Waals surface area contributed by atoms with Crippen LogP contribution < -0.4 is 5.32 Å². The van der Waals surface area contributed by atoms with Crippen LogP contribution in [0, 0.1) is 5.82 Å². The van der Waals surface area contributed by atoms with E-state index >= 15 is 0 Å². The molecule has 0 spiro atoms. The number of carbonyl (C=O) groups is 1. The lowest BCUT2D eigenvalue weighted by molar-refractivity contribution is -0.118. The van der Waals surface area contributed by atoms with E-state index in [9.17, 15) is 9.18 Å². The molecule has 0 aliphatic rings. The molecule has 4 aromatic rings. The Morgan fingerprint density at radius 3 is 2.38 bits per heavy atom. The highest BCUT2D eigenvalue weighted by atomic mass is 35.5. The Hall–Kier alpha value is -3.16. The predicted octanol–water partition coefficient (Wildman–Crippen LogP) is 5.06. The molecule has 0 unspecified atom stereocenters. The molecule has 0 bridgehead atoms. The van der Waals surface area contributed by atoms with Crippen LogP contribution in [0.4, 0.5) is 4.39 Å². The van der Waals surface area contributed by atoms with Crippen molar-refractivity contribution in [2.45, 2.75) is 18.1 Å². The van der Waals surface area contributed by atoms with E-state index in [0.29, 0.717) is 23.1 Å². The Bertz CT molecular complexity index is 1180. The Morgan fingerprint density at radius 1 is 0.938 bits per heavy atom. The summed E-state index contributed by atoms with van der Waals surface area (Å²) in [5.41, 5.74) is 2.82. The van der Waals surface area contributed by atoms with Crippen molar-refractivity contribution in [3.8, 4) is 5.69 Å². The summed E-state index contributed by atoms with van der Waals surface area (Å²) in [6, 6.07) is 23.5. The molecule has 0 fully saturated rings. The second-order valence-corrected chi connectivity index (χ2v) is 8.44. The van der Waals surface area contributed by atoms with E-state index in [1.165, 1.54) is 23.9 Å². The van der Waals surface area contributed by atoms with Gasteiger partial charge in [-0.2, -0.15) is 0 Å². The fraction of sp³-hybridized carbons (Fsp3) is 0.125. The minimum atomic E-state index is -0.302. The number of nitrogens with one attached hydrogen (secondary N) is 1. The largest absolute Gasteiger partial charge is 0.351 e. The average Bonchev–Trinajstić information content (AvgIpc) is 3.21. The molecule has 3 aromatic carbocycles. The molecule has 32 heavy (non-hydrogen) atoms. The number of carbonyl (C=O) groups excluding carboxylic acids is 1. The third-order valence-electron chi connectivity index (χ3n) is 4.73. The van der Waals surface area contributed by atoms with Gasteiger partial charge in [0, 0.05) is 23.7 Å². The van der Waals surface area contributed by atoms with E-state index < -0.39 is 0 Å². The van der Waals surface area contributed by atoms with Crippen LogP contribution in [0.15, 0.2) is 84.0 Å². The highest BCUT2D eigenvalue weighted by molar-refractivity contribution is 7.99. The van der Waals surface area contributed by atoms with Crippen LogP contribution in [0.5, 0.6) is 0 Å². The molecule has 5 nitrogen and oxygen atoms in total. The number of aromatic nitrogens is 3. The molecule has 1 N–H and O–H groups in total. The molecular formula is C24H20ClFN4OS. The Morgan fingerprint density at radius 2 is 1.66 bits per heavy atom. The van der Waals surface area contributed by atoms with Gasteiger partial charge in [-0.15, -0.1) is 10.2 Å². The Kier molecular flexibility index (Phi) is 7.19. The molecule has 1 aromatic heterocycles. The summed E-state index contributed by atoms with van der Waals surface area (Å²) in [6.07, 6.45) is 0.605. The zero-order chi connectivity index (χ0) is 22.3. The first kappa shape index (κ1) is 22.0. The minimum Gasteiger partial charge on any atom is -0.351 e. The van der Waals surface area contributed by atoms with Gasteiger partial charge in [-0.05, 0) is 47.5 Å². The van der Waals surface area contributed by atoms with Crippen molar-refractivity contribution in [1.29, 1.82) is 0 Å². The minimum absolute atomic E-state index is 0.144. The number of nitrogens with zero attached hydrogens (tertiary/aromatic N) is 3. The molecule has 8 heteroatoms. The van der Waals surface area contributed by atoms with Gasteiger partial charge in [-0.1, -0.05) is 65.8 Å². The summed E-state index contributed by atoms with van der Waals surface area (Å²) in [4.78, 5) is 12.4. The maximum Gasteiger partial charge on any atom is 0.230 e. The molecule has 0 saturated heterocycles. The number of amides is 1. The van der Waals surface area contributed by atoms with Crippen LogP contribution in [-0.4, -0.2) is 26.4 Å². The van der Waals surface area contributed by atoms with E-state index in [2.05, 4.69) is 15.5 Å². The van der Waals surface area contributed by atoms with E-state index in [1.54, 1.807) is 12.1 Å². The molecule has 0 atom stereocenters. The maximum absolute atomic E-state index is 13.0. The summed E-state index contributed by atoms with van der Waals surface area (Å²) in [7, 11) is 0. The SMILES string of the molecule is O=C(CSc1nnc(Cc2ccccc2)n1-c1ccc(Cl)cc1)NCc1ccc(F)cc1. The third kappa shape index (κ3) is 5.75. The van der Waals surface area contributed by atoms with Crippen LogP contribution in [0.2, 0.25) is 5.02 Å². The molecule has 0 radical (unpaired) electrons. The van der Waals surface area contributed by atoms with E-state index in [-0.39, 0.29) is 17.5 Å². The quantitative estimate of drug-likeness (QED) is 0.369. The van der Waals surface area contributed by atoms with Crippen molar-refractivity contribution in [1.82, 2.24) is 20.1 Å². The van der Waals surface area contributed by atoms with Crippen LogP contribution in [0.1, 0.15) is 17.0 Å². The highest BCUT2D eigenvalue weighted by Gasteiger charge is 2.16. The zero-order valence-corrected chi connectivity index (χ0v) is 18.6. The van der Waals surface area contributed by atoms with E-state index in [1.807, 2.05) is 59.2 Å². The first-order chi connectivity index (χ1) is 15.6. The van der Waals surface area contributed by atoms with Crippen molar-refractivity contribution < 1.29 is 9.18 Å². The van der Waals surface area contributed by atoms with Crippen LogP contribution >= 0.6 is 23.4 Å². The molecule has 1 amide bonds. The van der Waals surface area contributed by atoms with Gasteiger partial charge in [0.2, 0.25) is 5.91 Å². The zero-order valence-electron chi connectivity index (χ0n) is 17.0. The smallest absolute Gasteiger partial charge is 0.230 e. The van der Waals surface area contributed by atoms with Crippen LogP contribution in [0.3, 0.4) is 0 Å². The lowest BCUT2D eigenvalue weighted by Gasteiger charge is -2.11. The van der Waals surface area contributed by atoms with Gasteiger partial charge in [0.05, 0.1) is 5.75 Å². The van der Waals surface area contributed by atoms with E-state index in [0.717, 1.165) is 22.6 Å². The van der Waals surface area contributed by atoms with Gasteiger partial charge in [-0.3, -0.25) is 9.36 Å². The average molecular weight is 467 g/mol.